The molecule has 1 N–H and O–H groups in total. The first-order valence-electron chi connectivity index (χ1n) is 11.4. The summed E-state index contributed by atoms with van der Waals surface area (Å²) >= 11 is 0. The summed E-state index contributed by atoms with van der Waals surface area (Å²) in [5.74, 6) is -5.49. The Hall–Kier alpha value is -4.62. The van der Waals surface area contributed by atoms with Crippen molar-refractivity contribution >= 4 is 11.8 Å². The van der Waals surface area contributed by atoms with E-state index < -0.39 is 35.6 Å². The molecule has 0 bridgehead atoms. The molecule has 5 heterocycles. The maximum Gasteiger partial charge on any atom is 0.334 e. The van der Waals surface area contributed by atoms with Gasteiger partial charge in [0, 0.05) is 37.6 Å². The Labute approximate surface area is 211 Å². The highest BCUT2D eigenvalue weighted by Gasteiger charge is 2.46. The number of hydrogen-bond acceptors (Lipinski definition) is 6. The van der Waals surface area contributed by atoms with E-state index in [-0.39, 0.29) is 18.3 Å². The van der Waals surface area contributed by atoms with Crippen LogP contribution in [0.3, 0.4) is 0 Å². The van der Waals surface area contributed by atoms with Crippen LogP contribution in [0, 0.1) is 5.82 Å². The van der Waals surface area contributed by atoms with Crippen molar-refractivity contribution in [2.75, 3.05) is 5.32 Å². The monoisotopic (exact) mass is 527 g/mol. The van der Waals surface area contributed by atoms with E-state index in [4.69, 9.17) is 0 Å². The lowest BCUT2D eigenvalue weighted by Crippen LogP contribution is -2.33. The molecule has 9 nitrogen and oxygen atoms in total. The number of aryl methyl sites for hydroxylation is 1. The van der Waals surface area contributed by atoms with Crippen LogP contribution >= 0.6 is 0 Å². The van der Waals surface area contributed by atoms with Gasteiger partial charge in [-0.05, 0) is 24.3 Å². The van der Waals surface area contributed by atoms with Crippen molar-refractivity contribution in [1.29, 1.82) is 0 Å². The number of aromatic nitrogens is 8. The van der Waals surface area contributed by atoms with Crippen molar-refractivity contribution in [2.45, 2.75) is 24.9 Å². The number of benzene rings is 1. The smallest absolute Gasteiger partial charge is 0.334 e. The first-order valence-corrected chi connectivity index (χ1v) is 11.4. The summed E-state index contributed by atoms with van der Waals surface area (Å²) in [7, 11) is 1.74. The zero-order valence-electron chi connectivity index (χ0n) is 19.6. The number of nitrogens with one attached hydrogen (secondary N) is 1. The molecule has 0 radical (unpaired) electrons. The van der Waals surface area contributed by atoms with Crippen LogP contribution in [0.2, 0.25) is 0 Å². The Kier molecular flexibility index (Phi) is 5.47. The largest absolute Gasteiger partial charge is 0.342 e. The summed E-state index contributed by atoms with van der Waals surface area (Å²) in [6.45, 7) is -0.330. The Morgan fingerprint density at radius 1 is 1.08 bits per heavy atom. The topological polar surface area (TPSA) is 91.3 Å². The second kappa shape index (κ2) is 8.75. The van der Waals surface area contributed by atoms with E-state index in [1.807, 2.05) is 0 Å². The van der Waals surface area contributed by atoms with Crippen LogP contribution in [0.25, 0.3) is 22.8 Å². The Balaban J connectivity index is 1.42. The minimum absolute atomic E-state index is 0.180. The van der Waals surface area contributed by atoms with Crippen LogP contribution in [0.15, 0.2) is 61.1 Å². The third kappa shape index (κ3) is 3.79. The van der Waals surface area contributed by atoms with Gasteiger partial charge in [0.05, 0.1) is 23.1 Å². The molecule has 38 heavy (non-hydrogen) atoms. The van der Waals surface area contributed by atoms with Gasteiger partial charge in [-0.3, -0.25) is 9.25 Å². The van der Waals surface area contributed by atoms with Crippen molar-refractivity contribution < 1.29 is 22.0 Å². The molecule has 0 saturated heterocycles. The first kappa shape index (κ1) is 23.8. The van der Waals surface area contributed by atoms with Crippen molar-refractivity contribution in [2.24, 2.45) is 7.05 Å². The zero-order chi connectivity index (χ0) is 26.6. The van der Waals surface area contributed by atoms with Gasteiger partial charge in [-0.1, -0.05) is 12.1 Å². The lowest BCUT2D eigenvalue weighted by molar-refractivity contribution is 0.0117. The average molecular weight is 527 g/mol. The van der Waals surface area contributed by atoms with Gasteiger partial charge in [-0.25, -0.2) is 23.1 Å². The van der Waals surface area contributed by atoms with Gasteiger partial charge in [0.15, 0.2) is 5.82 Å². The van der Waals surface area contributed by atoms with Gasteiger partial charge >= 0.3 is 5.92 Å². The minimum atomic E-state index is -4.00. The van der Waals surface area contributed by atoms with Gasteiger partial charge in [-0.2, -0.15) is 13.9 Å². The van der Waals surface area contributed by atoms with E-state index in [0.29, 0.717) is 27.3 Å². The summed E-state index contributed by atoms with van der Waals surface area (Å²) in [6.07, 6.45) is 1.70. The third-order valence-corrected chi connectivity index (χ3v) is 6.33. The molecule has 14 heteroatoms. The molecule has 5 aromatic rings. The van der Waals surface area contributed by atoms with Gasteiger partial charge in [-0.15, -0.1) is 10.2 Å². The van der Waals surface area contributed by atoms with Gasteiger partial charge < -0.3 is 9.88 Å². The number of fused-ring (bicyclic) bond motifs is 3. The molecule has 1 aromatic carbocycles. The second-order valence-electron chi connectivity index (χ2n) is 8.67. The van der Waals surface area contributed by atoms with Crippen LogP contribution in [0.1, 0.15) is 17.4 Å². The highest BCUT2D eigenvalue weighted by Crippen LogP contribution is 2.43. The maximum absolute atomic E-state index is 15.4. The summed E-state index contributed by atoms with van der Waals surface area (Å²) in [5.41, 5.74) is 0.310. The fourth-order valence-corrected chi connectivity index (χ4v) is 4.49. The molecule has 0 aliphatic carbocycles. The zero-order valence-corrected chi connectivity index (χ0v) is 19.6. The van der Waals surface area contributed by atoms with Crippen molar-refractivity contribution in [1.82, 2.24) is 39.1 Å². The third-order valence-electron chi connectivity index (χ3n) is 6.33. The molecule has 4 aromatic heterocycles. The van der Waals surface area contributed by atoms with E-state index in [1.54, 1.807) is 42.3 Å². The summed E-state index contributed by atoms with van der Waals surface area (Å²) in [6, 6.07) is 7.52. The minimum Gasteiger partial charge on any atom is -0.342 e. The molecular weight excluding hydrogens is 509 g/mol. The van der Waals surface area contributed by atoms with E-state index >= 15 is 8.78 Å². The quantitative estimate of drug-likeness (QED) is 0.320. The molecule has 0 saturated carbocycles. The molecular formula is C24H18F5N9. The fourth-order valence-electron chi connectivity index (χ4n) is 4.49. The number of hydrogen-bond donors (Lipinski definition) is 1. The van der Waals surface area contributed by atoms with E-state index in [9.17, 15) is 13.2 Å². The molecule has 194 valence electrons. The van der Waals surface area contributed by atoms with Crippen LogP contribution < -0.4 is 5.32 Å². The number of alkyl halides is 4. The Morgan fingerprint density at radius 2 is 1.89 bits per heavy atom. The highest BCUT2D eigenvalue weighted by atomic mass is 19.3. The molecule has 0 spiro atoms. The lowest BCUT2D eigenvalue weighted by atomic mass is 10.1. The highest BCUT2D eigenvalue weighted by molar-refractivity contribution is 5.69. The number of rotatable bonds is 6. The number of anilines is 2. The van der Waals surface area contributed by atoms with E-state index in [1.165, 1.54) is 22.9 Å². The van der Waals surface area contributed by atoms with Crippen molar-refractivity contribution in [3.63, 3.8) is 0 Å². The number of nitrogens with zero attached hydrogens (tertiary/aromatic N) is 8. The fraction of sp³-hybridized carbons (Fsp3) is 0.208. The molecule has 0 unspecified atom stereocenters. The molecule has 0 fully saturated rings. The molecule has 1 aliphatic heterocycles. The normalized spacial score (nSPS) is 15.0. The average Bonchev–Trinajstić information content (AvgIpc) is 3.62. The molecule has 0 amide bonds. The van der Waals surface area contributed by atoms with E-state index in [2.05, 4.69) is 30.6 Å². The Bertz CT molecular complexity index is 1640. The predicted molar refractivity (Wildman–Crippen MR) is 125 cm³/mol. The SMILES string of the molecule is Cn1nccc1Nc1nccc(-c2cc3n(c2)C[C@H](C(F)F)n2c-3nnc2C(F)(F)c2ccccc2F)n1. The molecule has 1 aliphatic rings. The lowest BCUT2D eigenvalue weighted by Gasteiger charge is -2.29. The molecule has 1 atom stereocenters. The van der Waals surface area contributed by atoms with Crippen LogP contribution in [0.5, 0.6) is 0 Å². The van der Waals surface area contributed by atoms with Crippen LogP contribution in [-0.2, 0) is 19.5 Å². The van der Waals surface area contributed by atoms with Gasteiger partial charge in [0.25, 0.3) is 6.43 Å². The summed E-state index contributed by atoms with van der Waals surface area (Å²) < 4.78 is 77.3. The standard InChI is InChI=1S/C24H18F5N9/c1-36-19(7-9-31-36)33-23-30-8-6-16(32-23)13-10-17-21-34-35-22(24(28,29)14-4-2-3-5-15(14)25)38(21)18(20(26)27)12-37(17)11-13/h2-11,18,20H,12H2,1H3,(H,30,32,33)/t18-/m1/s1. The summed E-state index contributed by atoms with van der Waals surface area (Å²) in [4.78, 5) is 8.67. The van der Waals surface area contributed by atoms with Crippen LogP contribution in [0.4, 0.5) is 33.7 Å². The van der Waals surface area contributed by atoms with Gasteiger partial charge in [0.1, 0.15) is 17.7 Å². The maximum atomic E-state index is 15.4. The van der Waals surface area contributed by atoms with E-state index in [0.717, 1.165) is 12.1 Å². The summed E-state index contributed by atoms with van der Waals surface area (Å²) in [5, 5.41) is 14.5. The second-order valence-corrected chi connectivity index (χ2v) is 8.67. The van der Waals surface area contributed by atoms with Gasteiger partial charge in [0.2, 0.25) is 11.8 Å². The first-order chi connectivity index (χ1) is 18.2. The molecule has 6 rings (SSSR count). The Morgan fingerprint density at radius 3 is 2.63 bits per heavy atom. The van der Waals surface area contributed by atoms with Crippen molar-refractivity contribution in [3.05, 3.63) is 78.3 Å². The predicted octanol–water partition coefficient (Wildman–Crippen LogP) is 4.78. The van der Waals surface area contributed by atoms with Crippen LogP contribution in [-0.4, -0.2) is 45.5 Å². The van der Waals surface area contributed by atoms with Crippen molar-refractivity contribution in [3.8, 4) is 22.8 Å². The number of halogens is 5.